The summed E-state index contributed by atoms with van der Waals surface area (Å²) < 4.78 is 2.04. The van der Waals surface area contributed by atoms with E-state index in [1.807, 2.05) is 11.6 Å². The van der Waals surface area contributed by atoms with E-state index >= 15 is 0 Å². The summed E-state index contributed by atoms with van der Waals surface area (Å²) in [4.78, 5) is 9.52. The summed E-state index contributed by atoms with van der Waals surface area (Å²) in [6.07, 6.45) is 4.54. The van der Waals surface area contributed by atoms with Crippen LogP contribution in [0.25, 0.3) is 0 Å². The van der Waals surface area contributed by atoms with Crippen LogP contribution in [-0.4, -0.2) is 33.8 Å². The molecule has 6 nitrogen and oxygen atoms in total. The maximum absolute atomic E-state index is 4.91. The molecule has 1 aliphatic carbocycles. The second kappa shape index (κ2) is 9.03. The molecule has 27 heavy (non-hydrogen) atoms. The van der Waals surface area contributed by atoms with Crippen LogP contribution in [0.4, 0.5) is 0 Å². The second-order valence-electron chi connectivity index (χ2n) is 7.23. The Kier molecular flexibility index (Phi) is 6.73. The fourth-order valence-corrected chi connectivity index (χ4v) is 4.13. The fourth-order valence-electron chi connectivity index (χ4n) is 4.13. The molecule has 0 amide bonds. The monoisotopic (exact) mass is 480 g/mol. The smallest absolute Gasteiger partial charge is 0.191 e. The summed E-state index contributed by atoms with van der Waals surface area (Å²) >= 11 is 0. The Morgan fingerprint density at radius 2 is 2.15 bits per heavy atom. The summed E-state index contributed by atoms with van der Waals surface area (Å²) in [6, 6.07) is 8.96. The predicted octanol–water partition coefficient (Wildman–Crippen LogP) is 3.32. The van der Waals surface area contributed by atoms with Gasteiger partial charge in [-0.3, -0.25) is 4.99 Å². The van der Waals surface area contributed by atoms with E-state index in [9.17, 15) is 0 Å². The van der Waals surface area contributed by atoms with E-state index in [-0.39, 0.29) is 30.0 Å². The molecule has 1 aliphatic heterocycles. The van der Waals surface area contributed by atoms with Gasteiger partial charge in [0.05, 0.1) is 6.04 Å². The van der Waals surface area contributed by atoms with Gasteiger partial charge in [0, 0.05) is 25.6 Å². The van der Waals surface area contributed by atoms with Crippen molar-refractivity contribution in [2.24, 2.45) is 4.99 Å². The average molecular weight is 480 g/mol. The maximum atomic E-state index is 4.91. The highest BCUT2D eigenvalue weighted by molar-refractivity contribution is 14.0. The number of aromatic nitrogens is 3. The lowest BCUT2D eigenvalue weighted by Crippen LogP contribution is -2.41. The molecule has 0 radical (unpaired) electrons. The average Bonchev–Trinajstić information content (AvgIpc) is 3.23. The Labute approximate surface area is 178 Å². The quantitative estimate of drug-likeness (QED) is 0.401. The zero-order valence-corrected chi connectivity index (χ0v) is 18.4. The largest absolute Gasteiger partial charge is 0.357 e. The van der Waals surface area contributed by atoms with Crippen molar-refractivity contribution in [2.45, 2.75) is 58.0 Å². The number of guanidine groups is 1. The molecule has 0 spiro atoms. The van der Waals surface area contributed by atoms with Gasteiger partial charge in [0.2, 0.25) is 0 Å². The highest BCUT2D eigenvalue weighted by atomic mass is 127. The predicted molar refractivity (Wildman–Crippen MR) is 119 cm³/mol. The van der Waals surface area contributed by atoms with Gasteiger partial charge in [0.1, 0.15) is 11.6 Å². The molecule has 2 aromatic rings. The molecule has 4 rings (SSSR count). The van der Waals surface area contributed by atoms with Crippen molar-refractivity contribution in [3.8, 4) is 0 Å². The van der Waals surface area contributed by atoms with Crippen LogP contribution in [0.2, 0.25) is 0 Å². The molecule has 2 aliphatic rings. The molecule has 0 saturated carbocycles. The highest BCUT2D eigenvalue weighted by Crippen LogP contribution is 2.33. The van der Waals surface area contributed by atoms with Gasteiger partial charge in [-0.25, -0.2) is 9.67 Å². The van der Waals surface area contributed by atoms with Crippen molar-refractivity contribution in [1.82, 2.24) is 25.4 Å². The van der Waals surface area contributed by atoms with Gasteiger partial charge in [-0.2, -0.15) is 5.10 Å². The first-order valence-electron chi connectivity index (χ1n) is 9.78. The Balaban J connectivity index is 0.00000210. The van der Waals surface area contributed by atoms with Gasteiger partial charge in [0.25, 0.3) is 0 Å². The number of rotatable bonds is 4. The Morgan fingerprint density at radius 3 is 3.00 bits per heavy atom. The summed E-state index contributed by atoms with van der Waals surface area (Å²) in [7, 11) is 0. The van der Waals surface area contributed by atoms with Crippen molar-refractivity contribution < 1.29 is 0 Å². The van der Waals surface area contributed by atoms with E-state index in [1.54, 1.807) is 0 Å². The number of benzene rings is 1. The van der Waals surface area contributed by atoms with Gasteiger partial charge < -0.3 is 10.6 Å². The van der Waals surface area contributed by atoms with Gasteiger partial charge in [-0.1, -0.05) is 24.3 Å². The molecule has 0 saturated heterocycles. The highest BCUT2D eigenvalue weighted by Gasteiger charge is 2.25. The van der Waals surface area contributed by atoms with E-state index in [4.69, 9.17) is 4.99 Å². The van der Waals surface area contributed by atoms with Crippen LogP contribution in [-0.2, 0) is 13.0 Å². The van der Waals surface area contributed by atoms with Gasteiger partial charge in [0.15, 0.2) is 5.96 Å². The van der Waals surface area contributed by atoms with Crippen molar-refractivity contribution in [2.75, 3.05) is 13.1 Å². The summed E-state index contributed by atoms with van der Waals surface area (Å²) in [5.74, 6) is 3.29. The molecule has 2 N–H and O–H groups in total. The molecule has 2 unspecified atom stereocenters. The zero-order chi connectivity index (χ0) is 17.9. The van der Waals surface area contributed by atoms with E-state index in [1.165, 1.54) is 24.0 Å². The Bertz CT molecular complexity index is 800. The van der Waals surface area contributed by atoms with Crippen LogP contribution >= 0.6 is 24.0 Å². The van der Waals surface area contributed by atoms with Crippen molar-refractivity contribution in [1.29, 1.82) is 0 Å². The van der Waals surface area contributed by atoms with Crippen molar-refractivity contribution in [3.05, 3.63) is 47.0 Å². The van der Waals surface area contributed by atoms with Crippen molar-refractivity contribution in [3.63, 3.8) is 0 Å². The third-order valence-electron chi connectivity index (χ3n) is 5.36. The molecular formula is C20H29IN6. The molecular weight excluding hydrogens is 451 g/mol. The second-order valence-corrected chi connectivity index (χ2v) is 7.23. The van der Waals surface area contributed by atoms with E-state index < -0.39 is 0 Å². The molecule has 7 heteroatoms. The number of halogens is 1. The first-order valence-corrected chi connectivity index (χ1v) is 9.78. The summed E-state index contributed by atoms with van der Waals surface area (Å²) in [5, 5.41) is 11.5. The van der Waals surface area contributed by atoms with Crippen molar-refractivity contribution >= 4 is 29.9 Å². The third kappa shape index (κ3) is 4.44. The molecule has 0 fully saturated rings. The van der Waals surface area contributed by atoms with Crippen LogP contribution < -0.4 is 10.6 Å². The Morgan fingerprint density at radius 1 is 1.30 bits per heavy atom. The molecule has 2 atom stereocenters. The number of aryl methyl sites for hydroxylation is 3. The van der Waals surface area contributed by atoms with E-state index in [0.29, 0.717) is 5.92 Å². The first-order chi connectivity index (χ1) is 12.7. The van der Waals surface area contributed by atoms with E-state index in [2.05, 4.69) is 51.9 Å². The molecule has 1 aromatic heterocycles. The summed E-state index contributed by atoms with van der Waals surface area (Å²) in [5.41, 5.74) is 2.96. The van der Waals surface area contributed by atoms with Gasteiger partial charge in [-0.15, -0.1) is 24.0 Å². The zero-order valence-electron chi connectivity index (χ0n) is 16.1. The lowest BCUT2D eigenvalue weighted by molar-refractivity contribution is 0.397. The minimum atomic E-state index is 0. The number of nitrogens with one attached hydrogen (secondary N) is 2. The van der Waals surface area contributed by atoms with Gasteiger partial charge >= 0.3 is 0 Å². The number of fused-ring (bicyclic) bond motifs is 2. The SMILES string of the molecule is CCNC(=NCC1CCc2ccccc21)NC1CCCn2nc(C)nc21.I. The molecule has 1 aromatic carbocycles. The number of hydrogen-bond donors (Lipinski definition) is 2. The van der Waals surface area contributed by atoms with Crippen LogP contribution in [0.3, 0.4) is 0 Å². The third-order valence-corrected chi connectivity index (χ3v) is 5.36. The summed E-state index contributed by atoms with van der Waals surface area (Å²) in [6.45, 7) is 6.70. The minimum absolute atomic E-state index is 0. The van der Waals surface area contributed by atoms with Crippen LogP contribution in [0, 0.1) is 6.92 Å². The topological polar surface area (TPSA) is 67.1 Å². The van der Waals surface area contributed by atoms with Gasteiger partial charge in [-0.05, 0) is 50.7 Å². The van der Waals surface area contributed by atoms with Crippen LogP contribution in [0.15, 0.2) is 29.3 Å². The lowest BCUT2D eigenvalue weighted by atomic mass is 10.0. The standard InChI is InChI=1S/C20H28N6.HI/c1-3-21-20(22-13-16-11-10-15-7-4-5-8-17(15)16)24-18-9-6-12-26-19(18)23-14(2)25-26;/h4-5,7-8,16,18H,3,6,9-13H2,1-2H3,(H2,21,22,24);1H. The first kappa shape index (κ1) is 20.1. The van der Waals surface area contributed by atoms with Crippen LogP contribution in [0.5, 0.6) is 0 Å². The minimum Gasteiger partial charge on any atom is -0.357 e. The fraction of sp³-hybridized carbons (Fsp3) is 0.550. The normalized spacial score (nSPS) is 21.2. The number of hydrogen-bond acceptors (Lipinski definition) is 3. The van der Waals surface area contributed by atoms with E-state index in [0.717, 1.165) is 50.1 Å². The number of nitrogens with zero attached hydrogens (tertiary/aromatic N) is 4. The Hall–Kier alpha value is -1.64. The lowest BCUT2D eigenvalue weighted by Gasteiger charge is -2.25. The van der Waals surface area contributed by atoms with Crippen LogP contribution in [0.1, 0.15) is 60.9 Å². The maximum Gasteiger partial charge on any atom is 0.191 e. The molecule has 146 valence electrons. The molecule has 2 heterocycles. The number of aliphatic imine (C=N–C) groups is 1. The molecule has 0 bridgehead atoms.